The summed E-state index contributed by atoms with van der Waals surface area (Å²) in [5.41, 5.74) is 7.64. The van der Waals surface area contributed by atoms with E-state index in [4.69, 9.17) is 15.8 Å². The molecule has 3 aliphatic heterocycles. The number of rotatable bonds is 1. The van der Waals surface area contributed by atoms with Gasteiger partial charge >= 0.3 is 6.18 Å². The fourth-order valence-corrected chi connectivity index (χ4v) is 6.32. The molecule has 2 N–H and O–H groups in total. The summed E-state index contributed by atoms with van der Waals surface area (Å²) in [6.07, 6.45) is 1.95. The lowest BCUT2D eigenvalue weighted by Gasteiger charge is -2.35. The van der Waals surface area contributed by atoms with Crippen LogP contribution in [0.15, 0.2) is 30.3 Å². The first-order valence-corrected chi connectivity index (χ1v) is 14.3. The summed E-state index contributed by atoms with van der Waals surface area (Å²) < 4.78 is 42.8. The van der Waals surface area contributed by atoms with E-state index in [0.29, 0.717) is 36.3 Å². The van der Waals surface area contributed by atoms with Gasteiger partial charge in [-0.15, -0.1) is 0 Å². The molecule has 8 nitrogen and oxygen atoms in total. The van der Waals surface area contributed by atoms with E-state index in [1.807, 2.05) is 10.6 Å². The summed E-state index contributed by atoms with van der Waals surface area (Å²) in [5.74, 6) is 1.43. The molecule has 2 atom stereocenters. The number of hydrogen-bond acceptors (Lipinski definition) is 6. The Kier molecular flexibility index (Phi) is 7.10. The molecule has 2 aromatic heterocycles. The molecule has 0 radical (unpaired) electrons. The molecule has 2 bridgehead atoms. The molecule has 5 heterocycles. The summed E-state index contributed by atoms with van der Waals surface area (Å²) >= 11 is 0. The topological polar surface area (TPSA) is 83.0 Å². The van der Waals surface area contributed by atoms with Gasteiger partial charge in [0.05, 0.1) is 17.3 Å². The third-order valence-corrected chi connectivity index (χ3v) is 8.57. The van der Waals surface area contributed by atoms with Gasteiger partial charge in [0.2, 0.25) is 0 Å². The van der Waals surface area contributed by atoms with Crippen molar-refractivity contribution in [2.45, 2.75) is 69.6 Å². The van der Waals surface area contributed by atoms with E-state index in [-0.39, 0.29) is 23.6 Å². The quantitative estimate of drug-likeness (QED) is 0.464. The lowest BCUT2D eigenvalue weighted by molar-refractivity contribution is -0.137. The monoisotopic (exact) mass is 555 g/mol. The minimum Gasteiger partial charge on any atom is -0.359 e. The van der Waals surface area contributed by atoms with Crippen LogP contribution in [0.3, 0.4) is 0 Å². The number of fused-ring (bicyclic) bond motifs is 4. The number of carbonyl (C=O) groups is 1. The number of alkyl halides is 3. The Labute approximate surface area is 231 Å². The van der Waals surface area contributed by atoms with Gasteiger partial charge in [-0.1, -0.05) is 12.5 Å². The van der Waals surface area contributed by atoms with Crippen molar-refractivity contribution < 1.29 is 18.0 Å². The molecule has 2 fully saturated rings. The molecule has 2 saturated heterocycles. The Morgan fingerprint density at radius 2 is 1.80 bits per heavy atom. The number of amides is 1. The van der Waals surface area contributed by atoms with Crippen molar-refractivity contribution in [3.8, 4) is 0 Å². The highest BCUT2D eigenvalue weighted by atomic mass is 19.4. The summed E-state index contributed by atoms with van der Waals surface area (Å²) in [4.78, 5) is 25.1. The van der Waals surface area contributed by atoms with Crippen molar-refractivity contribution in [2.75, 3.05) is 43.0 Å². The van der Waals surface area contributed by atoms with Crippen LogP contribution in [-0.4, -0.2) is 64.7 Å². The lowest BCUT2D eigenvalue weighted by atomic mass is 9.94. The minimum absolute atomic E-state index is 0.118. The van der Waals surface area contributed by atoms with Gasteiger partial charge in [0.15, 0.2) is 5.65 Å². The maximum Gasteiger partial charge on any atom is 0.416 e. The van der Waals surface area contributed by atoms with Crippen LogP contribution in [-0.2, 0) is 12.6 Å². The van der Waals surface area contributed by atoms with Crippen LogP contribution in [0.4, 0.5) is 24.8 Å². The predicted molar refractivity (Wildman–Crippen MR) is 148 cm³/mol. The molecule has 1 aromatic carbocycles. The van der Waals surface area contributed by atoms with Crippen molar-refractivity contribution in [3.05, 3.63) is 52.7 Å². The van der Waals surface area contributed by atoms with Gasteiger partial charge in [-0.2, -0.15) is 22.8 Å². The van der Waals surface area contributed by atoms with Crippen LogP contribution < -0.4 is 15.5 Å². The normalized spacial score (nSPS) is 22.8. The highest BCUT2D eigenvalue weighted by Crippen LogP contribution is 2.36. The Hall–Kier alpha value is -3.34. The molecule has 40 heavy (non-hydrogen) atoms. The summed E-state index contributed by atoms with van der Waals surface area (Å²) in [7, 11) is 2.05. The molecule has 1 unspecified atom stereocenters. The number of hydrogen-bond donors (Lipinski definition) is 1. The molecule has 214 valence electrons. The van der Waals surface area contributed by atoms with Gasteiger partial charge in [0.25, 0.3) is 5.91 Å². The smallest absolute Gasteiger partial charge is 0.359 e. The van der Waals surface area contributed by atoms with E-state index in [9.17, 15) is 18.0 Å². The SMILES string of the molecule is CN1CCCCCc2ccc(C(F)(F)F)cc2C(=O)N2CCCCC2c2cc3nc(N4CC[C@H](N)C4)cc1n3n2. The lowest BCUT2D eigenvalue weighted by Crippen LogP contribution is -2.39. The fourth-order valence-electron chi connectivity index (χ4n) is 6.32. The fraction of sp³-hybridized carbons (Fsp3) is 0.552. The Balaban J connectivity index is 1.45. The molecular weight excluding hydrogens is 519 g/mol. The number of nitrogens with two attached hydrogens (primary N) is 1. The number of piperidine rings is 1. The van der Waals surface area contributed by atoms with Crippen molar-refractivity contribution in [1.29, 1.82) is 0 Å². The number of carbonyl (C=O) groups excluding carboxylic acids is 1. The van der Waals surface area contributed by atoms with Crippen LogP contribution in [0.25, 0.3) is 5.65 Å². The summed E-state index contributed by atoms with van der Waals surface area (Å²) in [6, 6.07) is 7.42. The van der Waals surface area contributed by atoms with Gasteiger partial charge in [0, 0.05) is 57.0 Å². The summed E-state index contributed by atoms with van der Waals surface area (Å²) in [5, 5.41) is 4.96. The second-order valence-electron chi connectivity index (χ2n) is 11.4. The second kappa shape index (κ2) is 10.6. The van der Waals surface area contributed by atoms with Gasteiger partial charge in [0.1, 0.15) is 11.6 Å². The zero-order chi connectivity index (χ0) is 28.0. The maximum atomic E-state index is 14.0. The van der Waals surface area contributed by atoms with Crippen LogP contribution in [0.1, 0.15) is 78.2 Å². The van der Waals surface area contributed by atoms with Crippen LogP contribution in [0, 0.1) is 0 Å². The Bertz CT molecular complexity index is 1400. The molecule has 0 spiro atoms. The van der Waals surface area contributed by atoms with Gasteiger partial charge in [-0.05, 0) is 62.6 Å². The van der Waals surface area contributed by atoms with Gasteiger partial charge in [-0.3, -0.25) is 4.79 Å². The highest BCUT2D eigenvalue weighted by Gasteiger charge is 2.35. The van der Waals surface area contributed by atoms with Gasteiger partial charge < -0.3 is 20.4 Å². The van der Waals surface area contributed by atoms with Crippen LogP contribution in [0.2, 0.25) is 0 Å². The third-order valence-electron chi connectivity index (χ3n) is 8.57. The number of anilines is 2. The maximum absolute atomic E-state index is 14.0. The van der Waals surface area contributed by atoms with Crippen LogP contribution >= 0.6 is 0 Å². The first-order valence-electron chi connectivity index (χ1n) is 14.3. The Morgan fingerprint density at radius 1 is 0.975 bits per heavy atom. The first kappa shape index (κ1) is 26.9. The number of aromatic nitrogens is 3. The molecule has 11 heteroatoms. The van der Waals surface area contributed by atoms with Crippen molar-refractivity contribution in [3.63, 3.8) is 0 Å². The van der Waals surface area contributed by atoms with E-state index in [1.54, 1.807) is 4.90 Å². The average Bonchev–Trinajstić information content (AvgIpc) is 3.57. The average molecular weight is 556 g/mol. The standard InChI is InChI=1S/C29H36F3N7O/c1-36-12-5-2-3-7-19-9-10-20(29(30,31)32)15-22(19)28(40)38-13-6-4-8-24(38)23-16-26-34-25(17-27(36)39(26)35-23)37-14-11-21(33)18-37/h9-10,15-17,21,24H,2-8,11-14,18,33H2,1H3/t21-,24?/m0/s1. The van der Waals surface area contributed by atoms with Crippen molar-refractivity contribution in [1.82, 2.24) is 19.5 Å². The van der Waals surface area contributed by atoms with E-state index >= 15 is 0 Å². The summed E-state index contributed by atoms with van der Waals surface area (Å²) in [6.45, 7) is 2.86. The van der Waals surface area contributed by atoms with E-state index in [1.165, 1.54) is 6.07 Å². The predicted octanol–water partition coefficient (Wildman–Crippen LogP) is 4.82. The van der Waals surface area contributed by atoms with Crippen LogP contribution in [0.5, 0.6) is 0 Å². The number of nitrogens with zero attached hydrogens (tertiary/aromatic N) is 6. The van der Waals surface area contributed by atoms with E-state index in [2.05, 4.69) is 22.9 Å². The first-order chi connectivity index (χ1) is 19.2. The molecule has 0 saturated carbocycles. The van der Waals surface area contributed by atoms with Crippen molar-refractivity contribution >= 4 is 23.2 Å². The number of benzene rings is 1. The third kappa shape index (κ3) is 5.11. The Morgan fingerprint density at radius 3 is 2.58 bits per heavy atom. The molecule has 3 aliphatic rings. The highest BCUT2D eigenvalue weighted by molar-refractivity contribution is 5.96. The second-order valence-corrected chi connectivity index (χ2v) is 11.4. The number of halogens is 3. The van der Waals surface area contributed by atoms with Crippen molar-refractivity contribution in [2.24, 2.45) is 5.73 Å². The molecule has 0 aliphatic carbocycles. The molecule has 6 rings (SSSR count). The van der Waals surface area contributed by atoms with E-state index in [0.717, 1.165) is 81.9 Å². The molecule has 1 amide bonds. The minimum atomic E-state index is -4.52. The zero-order valence-corrected chi connectivity index (χ0v) is 22.8. The zero-order valence-electron chi connectivity index (χ0n) is 22.8. The molecular formula is C29H36F3N7O. The number of aryl methyl sites for hydroxylation is 1. The largest absolute Gasteiger partial charge is 0.416 e. The van der Waals surface area contributed by atoms with E-state index < -0.39 is 11.7 Å². The molecule has 3 aromatic rings. The van der Waals surface area contributed by atoms with Gasteiger partial charge in [-0.25, -0.2) is 4.98 Å².